The first kappa shape index (κ1) is 16.9. The summed E-state index contributed by atoms with van der Waals surface area (Å²) in [6.07, 6.45) is -2.70. The lowest BCUT2D eigenvalue weighted by molar-refractivity contribution is -0.137. The van der Waals surface area contributed by atoms with Crippen LogP contribution >= 0.6 is 0 Å². The van der Waals surface area contributed by atoms with Gasteiger partial charge in [-0.05, 0) is 31.9 Å². The van der Waals surface area contributed by atoms with Crippen LogP contribution in [0.4, 0.5) is 23.8 Å². The summed E-state index contributed by atoms with van der Waals surface area (Å²) in [6.45, 7) is 3.19. The standard InChI is InChI=1S/C16H20F3N3O2/c1-11-8-12(16(17,18)19)9-13(20-11)22-6-3-4-15(5-7-22)10-21(2)14(23)24-15/h8-9H,3-7,10H2,1-2H3/t15-/m1/s1. The van der Waals surface area contributed by atoms with E-state index in [2.05, 4.69) is 4.98 Å². The summed E-state index contributed by atoms with van der Waals surface area (Å²) in [6, 6.07) is 2.15. The molecule has 1 atom stereocenters. The van der Waals surface area contributed by atoms with Crippen LogP contribution in [-0.4, -0.2) is 48.3 Å². The van der Waals surface area contributed by atoms with Gasteiger partial charge in [-0.2, -0.15) is 13.2 Å². The summed E-state index contributed by atoms with van der Waals surface area (Å²) in [5.41, 5.74) is -0.876. The highest BCUT2D eigenvalue weighted by Gasteiger charge is 2.44. The summed E-state index contributed by atoms with van der Waals surface area (Å²) in [4.78, 5) is 19.3. The van der Waals surface area contributed by atoms with Gasteiger partial charge in [0.25, 0.3) is 0 Å². The number of aryl methyl sites for hydroxylation is 1. The zero-order valence-electron chi connectivity index (χ0n) is 13.7. The number of carbonyl (C=O) groups excluding carboxylic acids is 1. The second-order valence-corrected chi connectivity index (χ2v) is 6.60. The number of aromatic nitrogens is 1. The predicted molar refractivity (Wildman–Crippen MR) is 81.9 cm³/mol. The Balaban J connectivity index is 1.80. The van der Waals surface area contributed by atoms with Crippen molar-refractivity contribution in [3.05, 3.63) is 23.4 Å². The first-order valence-corrected chi connectivity index (χ1v) is 7.94. The molecule has 0 bridgehead atoms. The molecule has 1 aromatic rings. The van der Waals surface area contributed by atoms with Gasteiger partial charge in [-0.25, -0.2) is 9.78 Å². The second-order valence-electron chi connectivity index (χ2n) is 6.60. The summed E-state index contributed by atoms with van der Waals surface area (Å²) in [5.74, 6) is 0.331. The molecule has 0 aromatic carbocycles. The van der Waals surface area contributed by atoms with Crippen LogP contribution in [0.1, 0.15) is 30.5 Å². The Bertz CT molecular complexity index is 650. The van der Waals surface area contributed by atoms with E-state index in [0.29, 0.717) is 44.0 Å². The van der Waals surface area contributed by atoms with Gasteiger partial charge < -0.3 is 14.5 Å². The van der Waals surface area contributed by atoms with Crippen molar-refractivity contribution in [2.24, 2.45) is 0 Å². The number of rotatable bonds is 1. The van der Waals surface area contributed by atoms with Crippen LogP contribution in [0.3, 0.4) is 0 Å². The van der Waals surface area contributed by atoms with Crippen LogP contribution in [0.15, 0.2) is 12.1 Å². The van der Waals surface area contributed by atoms with Crippen molar-refractivity contribution in [2.75, 3.05) is 31.6 Å². The van der Waals surface area contributed by atoms with E-state index >= 15 is 0 Å². The molecule has 0 radical (unpaired) electrons. The molecule has 24 heavy (non-hydrogen) atoms. The van der Waals surface area contributed by atoms with Gasteiger partial charge in [0.15, 0.2) is 0 Å². The molecular weight excluding hydrogens is 323 g/mol. The van der Waals surface area contributed by atoms with Crippen LogP contribution in [0.2, 0.25) is 0 Å². The Morgan fingerprint density at radius 1 is 1.25 bits per heavy atom. The molecule has 132 valence electrons. The van der Waals surface area contributed by atoms with E-state index < -0.39 is 17.3 Å². The topological polar surface area (TPSA) is 45.7 Å². The van der Waals surface area contributed by atoms with E-state index in [1.54, 1.807) is 18.9 Å². The fourth-order valence-corrected chi connectivity index (χ4v) is 3.43. The lowest BCUT2D eigenvalue weighted by Crippen LogP contribution is -2.35. The van der Waals surface area contributed by atoms with Gasteiger partial charge >= 0.3 is 12.3 Å². The molecule has 5 nitrogen and oxygen atoms in total. The van der Waals surface area contributed by atoms with Crippen LogP contribution in [0.5, 0.6) is 0 Å². The molecule has 1 amide bonds. The maximum atomic E-state index is 13.0. The minimum atomic E-state index is -4.39. The van der Waals surface area contributed by atoms with Crippen molar-refractivity contribution in [3.8, 4) is 0 Å². The Kier molecular flexibility index (Phi) is 4.09. The first-order chi connectivity index (χ1) is 11.2. The third kappa shape index (κ3) is 3.27. The number of likely N-dealkylation sites (N-methyl/N-ethyl adjacent to an activating group) is 1. The molecule has 3 heterocycles. The average Bonchev–Trinajstić information content (AvgIpc) is 2.65. The van der Waals surface area contributed by atoms with Gasteiger partial charge in [-0.1, -0.05) is 0 Å². The molecule has 2 aliphatic rings. The zero-order chi connectivity index (χ0) is 17.5. The Hall–Kier alpha value is -1.99. The first-order valence-electron chi connectivity index (χ1n) is 7.94. The zero-order valence-corrected chi connectivity index (χ0v) is 13.7. The quantitative estimate of drug-likeness (QED) is 0.785. The molecule has 1 spiro atoms. The number of ether oxygens (including phenoxy) is 1. The Morgan fingerprint density at radius 3 is 2.62 bits per heavy atom. The third-order valence-corrected chi connectivity index (χ3v) is 4.63. The third-order valence-electron chi connectivity index (χ3n) is 4.63. The van der Waals surface area contributed by atoms with Gasteiger partial charge in [0.05, 0.1) is 12.1 Å². The summed E-state index contributed by atoms with van der Waals surface area (Å²) < 4.78 is 44.6. The molecule has 1 aromatic heterocycles. The van der Waals surface area contributed by atoms with E-state index in [4.69, 9.17) is 4.74 Å². The van der Waals surface area contributed by atoms with Gasteiger partial charge in [-0.15, -0.1) is 0 Å². The molecule has 0 saturated carbocycles. The number of pyridine rings is 1. The Morgan fingerprint density at radius 2 is 2.00 bits per heavy atom. The Labute approximate surface area is 138 Å². The van der Waals surface area contributed by atoms with E-state index in [-0.39, 0.29) is 6.09 Å². The summed E-state index contributed by atoms with van der Waals surface area (Å²) in [5, 5.41) is 0. The highest BCUT2D eigenvalue weighted by Crippen LogP contribution is 2.35. The van der Waals surface area contributed by atoms with Gasteiger partial charge in [0.2, 0.25) is 0 Å². The number of amides is 1. The van der Waals surface area contributed by atoms with Gasteiger partial charge in [0, 0.05) is 32.3 Å². The van der Waals surface area contributed by atoms with Crippen molar-refractivity contribution in [3.63, 3.8) is 0 Å². The molecule has 8 heteroatoms. The van der Waals surface area contributed by atoms with Crippen LogP contribution in [0.25, 0.3) is 0 Å². The van der Waals surface area contributed by atoms with E-state index in [1.807, 2.05) is 4.90 Å². The summed E-state index contributed by atoms with van der Waals surface area (Å²) in [7, 11) is 1.69. The molecule has 2 aliphatic heterocycles. The fourth-order valence-electron chi connectivity index (χ4n) is 3.43. The van der Waals surface area contributed by atoms with Crippen LogP contribution in [-0.2, 0) is 10.9 Å². The van der Waals surface area contributed by atoms with E-state index in [9.17, 15) is 18.0 Å². The number of halogens is 3. The maximum Gasteiger partial charge on any atom is 0.416 e. The predicted octanol–water partition coefficient (Wildman–Crippen LogP) is 3.22. The van der Waals surface area contributed by atoms with Gasteiger partial charge in [0.1, 0.15) is 11.4 Å². The largest absolute Gasteiger partial charge is 0.441 e. The van der Waals surface area contributed by atoms with Crippen molar-refractivity contribution < 1.29 is 22.7 Å². The molecule has 3 rings (SSSR count). The number of hydrogen-bond donors (Lipinski definition) is 0. The van der Waals surface area contributed by atoms with Gasteiger partial charge in [-0.3, -0.25) is 0 Å². The second kappa shape index (κ2) is 5.82. The summed E-state index contributed by atoms with van der Waals surface area (Å²) >= 11 is 0. The SMILES string of the molecule is Cc1cc(C(F)(F)F)cc(N2CCC[C@@]3(CC2)CN(C)C(=O)O3)n1. The number of nitrogens with zero attached hydrogens (tertiary/aromatic N) is 3. The molecule has 0 unspecified atom stereocenters. The normalized spacial score (nSPS) is 25.1. The number of carbonyl (C=O) groups is 1. The molecule has 2 saturated heterocycles. The van der Waals surface area contributed by atoms with Crippen molar-refractivity contribution in [2.45, 2.75) is 38.0 Å². The minimum Gasteiger partial charge on any atom is -0.441 e. The van der Waals surface area contributed by atoms with Crippen molar-refractivity contribution in [1.82, 2.24) is 9.88 Å². The molecular formula is C16H20F3N3O2. The number of hydrogen-bond acceptors (Lipinski definition) is 4. The van der Waals surface area contributed by atoms with Crippen molar-refractivity contribution >= 4 is 11.9 Å². The maximum absolute atomic E-state index is 13.0. The number of alkyl halides is 3. The molecule has 0 aliphatic carbocycles. The molecule has 2 fully saturated rings. The lowest BCUT2D eigenvalue weighted by Gasteiger charge is -2.26. The monoisotopic (exact) mass is 343 g/mol. The molecule has 0 N–H and O–H groups in total. The highest BCUT2D eigenvalue weighted by molar-refractivity contribution is 5.70. The van der Waals surface area contributed by atoms with Crippen LogP contribution < -0.4 is 4.90 Å². The minimum absolute atomic E-state index is 0.331. The average molecular weight is 343 g/mol. The highest BCUT2D eigenvalue weighted by atomic mass is 19.4. The fraction of sp³-hybridized carbons (Fsp3) is 0.625. The van der Waals surface area contributed by atoms with Crippen LogP contribution in [0, 0.1) is 6.92 Å². The van der Waals surface area contributed by atoms with Crippen molar-refractivity contribution in [1.29, 1.82) is 0 Å². The lowest BCUT2D eigenvalue weighted by atomic mass is 9.95. The van der Waals surface area contributed by atoms with E-state index in [1.165, 1.54) is 0 Å². The number of anilines is 1. The van der Waals surface area contributed by atoms with E-state index in [0.717, 1.165) is 18.6 Å². The smallest absolute Gasteiger partial charge is 0.416 e.